The highest BCUT2D eigenvalue weighted by molar-refractivity contribution is 6.07. The number of ether oxygens (including phenoxy) is 1. The lowest BCUT2D eigenvalue weighted by Gasteiger charge is -2.10. The van der Waals surface area contributed by atoms with E-state index in [1.54, 1.807) is 48.1 Å². The van der Waals surface area contributed by atoms with E-state index in [1.807, 2.05) is 0 Å². The van der Waals surface area contributed by atoms with Gasteiger partial charge < -0.3 is 19.0 Å². The first-order valence-corrected chi connectivity index (χ1v) is 8.52. The van der Waals surface area contributed by atoms with E-state index in [4.69, 9.17) is 9.15 Å². The molecule has 2 heterocycles. The molecule has 3 amide bonds. The van der Waals surface area contributed by atoms with Crippen molar-refractivity contribution in [1.29, 1.82) is 0 Å². The van der Waals surface area contributed by atoms with E-state index in [-0.39, 0.29) is 22.7 Å². The number of esters is 1. The molecule has 148 valence electrons. The quantitative estimate of drug-likeness (QED) is 0.616. The number of aryl methyl sites for hydroxylation is 1. The fraction of sp³-hybridized carbons (Fsp3) is 0.100. The summed E-state index contributed by atoms with van der Waals surface area (Å²) in [7, 11) is 1.66. The summed E-state index contributed by atoms with van der Waals surface area (Å²) in [4.78, 5) is 48.4. The standard InChI is InChI=1S/C20H17N3O6/c1-23-10-4-8-15(23)18(25)22-17(24)12-29-20(27)13-6-2-3-7-14(13)21-19(26)16-9-5-11-28-16/h2-11H,12H2,1H3,(H,21,26)(H,22,24,25). The zero-order chi connectivity index (χ0) is 20.8. The molecule has 0 unspecified atom stereocenters. The number of rotatable bonds is 6. The minimum Gasteiger partial charge on any atom is -0.459 e. The van der Waals surface area contributed by atoms with Gasteiger partial charge in [-0.2, -0.15) is 0 Å². The fourth-order valence-corrected chi connectivity index (χ4v) is 2.49. The van der Waals surface area contributed by atoms with E-state index in [0.717, 1.165) is 0 Å². The third-order valence-electron chi connectivity index (χ3n) is 3.90. The van der Waals surface area contributed by atoms with Crippen molar-refractivity contribution < 1.29 is 28.3 Å². The molecule has 0 saturated carbocycles. The van der Waals surface area contributed by atoms with Crippen molar-refractivity contribution in [3.63, 3.8) is 0 Å². The molecule has 2 aromatic heterocycles. The van der Waals surface area contributed by atoms with Gasteiger partial charge in [-0.25, -0.2) is 4.79 Å². The number of nitrogens with one attached hydrogen (secondary N) is 2. The average Bonchev–Trinajstić information content (AvgIpc) is 3.38. The molecule has 0 fully saturated rings. The molecule has 9 heteroatoms. The van der Waals surface area contributed by atoms with Crippen molar-refractivity contribution in [3.8, 4) is 0 Å². The Bertz CT molecular complexity index is 1050. The van der Waals surface area contributed by atoms with Gasteiger partial charge in [0, 0.05) is 13.2 Å². The van der Waals surface area contributed by atoms with Crippen molar-refractivity contribution in [2.45, 2.75) is 0 Å². The Morgan fingerprint density at radius 2 is 1.79 bits per heavy atom. The molecule has 3 rings (SSSR count). The number of furan rings is 1. The number of para-hydroxylation sites is 1. The highest BCUT2D eigenvalue weighted by atomic mass is 16.5. The van der Waals surface area contributed by atoms with Crippen molar-refractivity contribution in [2.75, 3.05) is 11.9 Å². The zero-order valence-electron chi connectivity index (χ0n) is 15.4. The molecule has 1 aromatic carbocycles. The second-order valence-electron chi connectivity index (χ2n) is 5.93. The van der Waals surface area contributed by atoms with Crippen LogP contribution in [0.2, 0.25) is 0 Å². The summed E-state index contributed by atoms with van der Waals surface area (Å²) in [6.07, 6.45) is 3.01. The number of imide groups is 1. The summed E-state index contributed by atoms with van der Waals surface area (Å²) in [5.41, 5.74) is 0.531. The molecule has 9 nitrogen and oxygen atoms in total. The molecule has 0 spiro atoms. The van der Waals surface area contributed by atoms with Gasteiger partial charge in [-0.15, -0.1) is 0 Å². The molecule has 0 aliphatic rings. The monoisotopic (exact) mass is 395 g/mol. The number of carbonyl (C=O) groups excluding carboxylic acids is 4. The van der Waals surface area contributed by atoms with Gasteiger partial charge in [0.05, 0.1) is 17.5 Å². The third-order valence-corrected chi connectivity index (χ3v) is 3.90. The largest absolute Gasteiger partial charge is 0.459 e. The van der Waals surface area contributed by atoms with Gasteiger partial charge in [0.25, 0.3) is 17.7 Å². The van der Waals surface area contributed by atoms with E-state index in [2.05, 4.69) is 10.6 Å². The van der Waals surface area contributed by atoms with Crippen LogP contribution in [0.5, 0.6) is 0 Å². The number of carbonyl (C=O) groups is 4. The molecule has 0 saturated heterocycles. The molecular formula is C20H17N3O6. The Labute approximate surface area is 165 Å². The maximum atomic E-state index is 12.3. The van der Waals surface area contributed by atoms with Crippen molar-refractivity contribution >= 4 is 29.4 Å². The first-order valence-electron chi connectivity index (χ1n) is 8.52. The molecule has 0 aliphatic carbocycles. The minimum absolute atomic E-state index is 0.0500. The van der Waals surface area contributed by atoms with Crippen LogP contribution in [-0.4, -0.2) is 34.9 Å². The molecule has 29 heavy (non-hydrogen) atoms. The smallest absolute Gasteiger partial charge is 0.340 e. The number of nitrogens with zero attached hydrogens (tertiary/aromatic N) is 1. The zero-order valence-corrected chi connectivity index (χ0v) is 15.4. The molecule has 0 bridgehead atoms. The number of hydrogen-bond acceptors (Lipinski definition) is 6. The predicted octanol–water partition coefficient (Wildman–Crippen LogP) is 1.98. The highest BCUT2D eigenvalue weighted by Crippen LogP contribution is 2.17. The van der Waals surface area contributed by atoms with Gasteiger partial charge in [0.15, 0.2) is 12.4 Å². The average molecular weight is 395 g/mol. The Hall–Kier alpha value is -4.14. The Balaban J connectivity index is 1.59. The summed E-state index contributed by atoms with van der Waals surface area (Å²) < 4.78 is 11.5. The lowest BCUT2D eigenvalue weighted by molar-refractivity contribution is -0.123. The van der Waals surface area contributed by atoms with E-state index in [0.29, 0.717) is 0 Å². The SMILES string of the molecule is Cn1cccc1C(=O)NC(=O)COC(=O)c1ccccc1NC(=O)c1ccco1. The lowest BCUT2D eigenvalue weighted by atomic mass is 10.1. The normalized spacial score (nSPS) is 10.2. The van der Waals surface area contributed by atoms with Crippen LogP contribution < -0.4 is 10.6 Å². The van der Waals surface area contributed by atoms with Crippen LogP contribution in [0.25, 0.3) is 0 Å². The lowest BCUT2D eigenvalue weighted by Crippen LogP contribution is -2.35. The summed E-state index contributed by atoms with van der Waals surface area (Å²) in [5, 5.41) is 4.68. The maximum Gasteiger partial charge on any atom is 0.340 e. The van der Waals surface area contributed by atoms with Crippen molar-refractivity contribution in [3.05, 3.63) is 78.0 Å². The molecule has 3 aromatic rings. The summed E-state index contributed by atoms with van der Waals surface area (Å²) >= 11 is 0. The van der Waals surface area contributed by atoms with Crippen LogP contribution >= 0.6 is 0 Å². The molecule has 0 atom stereocenters. The predicted molar refractivity (Wildman–Crippen MR) is 101 cm³/mol. The summed E-state index contributed by atoms with van der Waals surface area (Å²) in [6, 6.07) is 12.4. The number of amides is 3. The molecule has 0 radical (unpaired) electrons. The van der Waals surface area contributed by atoms with Gasteiger partial charge in [-0.1, -0.05) is 12.1 Å². The van der Waals surface area contributed by atoms with Gasteiger partial charge in [0.2, 0.25) is 0 Å². The van der Waals surface area contributed by atoms with E-state index >= 15 is 0 Å². The van der Waals surface area contributed by atoms with Crippen LogP contribution in [0, 0.1) is 0 Å². The van der Waals surface area contributed by atoms with E-state index in [9.17, 15) is 19.2 Å². The number of anilines is 1. The van der Waals surface area contributed by atoms with Crippen molar-refractivity contribution in [2.24, 2.45) is 7.05 Å². The number of hydrogen-bond donors (Lipinski definition) is 2. The summed E-state index contributed by atoms with van der Waals surface area (Å²) in [6.45, 7) is -0.657. The van der Waals surface area contributed by atoms with E-state index in [1.165, 1.54) is 24.5 Å². The minimum atomic E-state index is -0.832. The number of benzene rings is 1. The Kier molecular flexibility index (Phi) is 5.88. The second kappa shape index (κ2) is 8.70. The van der Waals surface area contributed by atoms with E-state index < -0.39 is 30.3 Å². The molecular weight excluding hydrogens is 378 g/mol. The van der Waals surface area contributed by atoms with Gasteiger partial charge in [0.1, 0.15) is 5.69 Å². The fourth-order valence-electron chi connectivity index (χ4n) is 2.49. The molecule has 2 N–H and O–H groups in total. The van der Waals surface area contributed by atoms with Gasteiger partial charge >= 0.3 is 5.97 Å². The van der Waals surface area contributed by atoms with Gasteiger partial charge in [-0.3, -0.25) is 19.7 Å². The van der Waals surface area contributed by atoms with Crippen LogP contribution in [0.1, 0.15) is 31.4 Å². The molecule has 0 aliphatic heterocycles. The van der Waals surface area contributed by atoms with Gasteiger partial charge in [-0.05, 0) is 36.4 Å². The van der Waals surface area contributed by atoms with Crippen LogP contribution in [0.3, 0.4) is 0 Å². The second-order valence-corrected chi connectivity index (χ2v) is 5.93. The highest BCUT2D eigenvalue weighted by Gasteiger charge is 2.19. The van der Waals surface area contributed by atoms with Crippen LogP contribution in [-0.2, 0) is 16.6 Å². The Morgan fingerprint density at radius 3 is 2.48 bits per heavy atom. The Morgan fingerprint density at radius 1 is 1.00 bits per heavy atom. The first kappa shape index (κ1) is 19.6. The topological polar surface area (TPSA) is 120 Å². The van der Waals surface area contributed by atoms with Crippen LogP contribution in [0.4, 0.5) is 5.69 Å². The first-order chi connectivity index (χ1) is 14.0. The number of aromatic nitrogens is 1. The maximum absolute atomic E-state index is 12.3. The third kappa shape index (κ3) is 4.78. The summed E-state index contributed by atoms with van der Waals surface area (Å²) in [5.74, 6) is -2.68. The van der Waals surface area contributed by atoms with Crippen LogP contribution in [0.15, 0.2) is 65.4 Å². The van der Waals surface area contributed by atoms with Crippen molar-refractivity contribution in [1.82, 2.24) is 9.88 Å².